The van der Waals surface area contributed by atoms with Gasteiger partial charge in [-0.2, -0.15) is 0 Å². The maximum Gasteiger partial charge on any atom is 0.189 e. The van der Waals surface area contributed by atoms with E-state index in [0.29, 0.717) is 12.0 Å². The number of nitrogens with two attached hydrogens (primary N) is 1. The number of nitrogens with one attached hydrogen (secondary N) is 1. The SMILES string of the molecule is CC(C)NC(N)=NC(C)c1ccccc1. The van der Waals surface area contributed by atoms with Gasteiger partial charge in [-0.3, -0.25) is 0 Å². The van der Waals surface area contributed by atoms with Gasteiger partial charge in [0, 0.05) is 6.04 Å². The molecule has 82 valence electrons. The van der Waals surface area contributed by atoms with E-state index in [1.807, 2.05) is 39.0 Å². The van der Waals surface area contributed by atoms with Crippen molar-refractivity contribution in [2.75, 3.05) is 0 Å². The van der Waals surface area contributed by atoms with Crippen molar-refractivity contribution in [1.29, 1.82) is 0 Å². The van der Waals surface area contributed by atoms with Crippen LogP contribution in [0.5, 0.6) is 0 Å². The van der Waals surface area contributed by atoms with Gasteiger partial charge in [-0.1, -0.05) is 30.3 Å². The second kappa shape index (κ2) is 5.39. The maximum absolute atomic E-state index is 5.75. The summed E-state index contributed by atoms with van der Waals surface area (Å²) in [4.78, 5) is 4.37. The Balaban J connectivity index is 2.66. The van der Waals surface area contributed by atoms with Crippen LogP contribution in [0.1, 0.15) is 32.4 Å². The van der Waals surface area contributed by atoms with Crippen molar-refractivity contribution in [2.45, 2.75) is 32.9 Å². The average molecular weight is 205 g/mol. The first-order valence-electron chi connectivity index (χ1n) is 5.24. The van der Waals surface area contributed by atoms with Gasteiger partial charge in [0.15, 0.2) is 5.96 Å². The molecule has 0 bridgehead atoms. The fourth-order valence-corrected chi connectivity index (χ4v) is 1.35. The Labute approximate surface area is 91.4 Å². The molecular formula is C12H19N3. The lowest BCUT2D eigenvalue weighted by molar-refractivity contribution is 0.711. The van der Waals surface area contributed by atoms with Gasteiger partial charge in [0.25, 0.3) is 0 Å². The summed E-state index contributed by atoms with van der Waals surface area (Å²) in [7, 11) is 0. The third-order valence-electron chi connectivity index (χ3n) is 2.05. The van der Waals surface area contributed by atoms with Crippen LogP contribution in [0.2, 0.25) is 0 Å². The molecule has 0 aliphatic carbocycles. The number of guanidine groups is 1. The van der Waals surface area contributed by atoms with Crippen molar-refractivity contribution in [1.82, 2.24) is 5.32 Å². The van der Waals surface area contributed by atoms with E-state index in [-0.39, 0.29) is 6.04 Å². The number of nitrogens with zero attached hydrogens (tertiary/aromatic N) is 1. The predicted molar refractivity (Wildman–Crippen MR) is 64.8 cm³/mol. The molecule has 3 heteroatoms. The second-order valence-electron chi connectivity index (χ2n) is 3.90. The van der Waals surface area contributed by atoms with E-state index in [0.717, 1.165) is 0 Å². The van der Waals surface area contributed by atoms with E-state index in [9.17, 15) is 0 Å². The van der Waals surface area contributed by atoms with E-state index < -0.39 is 0 Å². The normalized spacial score (nSPS) is 14.0. The van der Waals surface area contributed by atoms with Crippen molar-refractivity contribution in [3.8, 4) is 0 Å². The molecule has 3 N–H and O–H groups in total. The van der Waals surface area contributed by atoms with Crippen LogP contribution in [-0.2, 0) is 0 Å². The molecule has 0 saturated carbocycles. The first-order valence-corrected chi connectivity index (χ1v) is 5.24. The monoisotopic (exact) mass is 205 g/mol. The molecule has 1 aromatic rings. The highest BCUT2D eigenvalue weighted by atomic mass is 15.1. The molecule has 1 rings (SSSR count). The van der Waals surface area contributed by atoms with Gasteiger partial charge in [-0.05, 0) is 26.3 Å². The van der Waals surface area contributed by atoms with Crippen LogP contribution in [0.3, 0.4) is 0 Å². The summed E-state index contributed by atoms with van der Waals surface area (Å²) in [5, 5.41) is 3.07. The zero-order chi connectivity index (χ0) is 11.3. The molecule has 0 heterocycles. The van der Waals surface area contributed by atoms with Crippen LogP contribution in [0.15, 0.2) is 35.3 Å². The van der Waals surface area contributed by atoms with Crippen molar-refractivity contribution in [2.24, 2.45) is 10.7 Å². The van der Waals surface area contributed by atoms with Gasteiger partial charge in [0.05, 0.1) is 6.04 Å². The molecule has 0 fully saturated rings. The van der Waals surface area contributed by atoms with Crippen LogP contribution in [0.25, 0.3) is 0 Å². The van der Waals surface area contributed by atoms with E-state index in [1.165, 1.54) is 5.56 Å². The molecule has 15 heavy (non-hydrogen) atoms. The van der Waals surface area contributed by atoms with Gasteiger partial charge < -0.3 is 11.1 Å². The number of rotatable bonds is 3. The molecule has 1 unspecified atom stereocenters. The van der Waals surface area contributed by atoms with Crippen LogP contribution in [0.4, 0.5) is 0 Å². The Bertz CT molecular complexity index is 317. The van der Waals surface area contributed by atoms with E-state index >= 15 is 0 Å². The lowest BCUT2D eigenvalue weighted by Gasteiger charge is -2.12. The van der Waals surface area contributed by atoms with Crippen molar-refractivity contribution in [3.05, 3.63) is 35.9 Å². The Morgan fingerprint density at radius 3 is 2.33 bits per heavy atom. The lowest BCUT2D eigenvalue weighted by Crippen LogP contribution is -2.36. The Kier molecular flexibility index (Phi) is 4.16. The maximum atomic E-state index is 5.75. The standard InChI is InChI=1S/C12H19N3/c1-9(2)14-12(13)15-10(3)11-7-5-4-6-8-11/h4-10H,1-3H3,(H3,13,14,15). The van der Waals surface area contributed by atoms with Gasteiger partial charge in [-0.25, -0.2) is 4.99 Å². The summed E-state index contributed by atoms with van der Waals surface area (Å²) < 4.78 is 0. The lowest BCUT2D eigenvalue weighted by atomic mass is 10.1. The number of hydrogen-bond donors (Lipinski definition) is 2. The third kappa shape index (κ3) is 4.02. The fraction of sp³-hybridized carbons (Fsp3) is 0.417. The Hall–Kier alpha value is -1.51. The topological polar surface area (TPSA) is 50.4 Å². The fourth-order valence-electron chi connectivity index (χ4n) is 1.35. The summed E-state index contributed by atoms with van der Waals surface area (Å²) in [5.41, 5.74) is 6.92. The molecule has 3 nitrogen and oxygen atoms in total. The van der Waals surface area contributed by atoms with Crippen molar-refractivity contribution < 1.29 is 0 Å². The minimum absolute atomic E-state index is 0.0949. The van der Waals surface area contributed by atoms with Gasteiger partial charge >= 0.3 is 0 Å². The van der Waals surface area contributed by atoms with E-state index in [4.69, 9.17) is 5.73 Å². The molecule has 0 spiro atoms. The molecule has 0 radical (unpaired) electrons. The van der Waals surface area contributed by atoms with Crippen molar-refractivity contribution in [3.63, 3.8) is 0 Å². The van der Waals surface area contributed by atoms with Crippen molar-refractivity contribution >= 4 is 5.96 Å². The number of hydrogen-bond acceptors (Lipinski definition) is 1. The second-order valence-corrected chi connectivity index (χ2v) is 3.90. The molecule has 0 amide bonds. The molecule has 1 atom stereocenters. The zero-order valence-electron chi connectivity index (χ0n) is 9.57. The van der Waals surface area contributed by atoms with E-state index in [2.05, 4.69) is 22.4 Å². The first kappa shape index (κ1) is 11.6. The quantitative estimate of drug-likeness (QED) is 0.586. The highest BCUT2D eigenvalue weighted by Crippen LogP contribution is 2.15. The van der Waals surface area contributed by atoms with E-state index in [1.54, 1.807) is 0 Å². The highest BCUT2D eigenvalue weighted by molar-refractivity contribution is 5.78. The highest BCUT2D eigenvalue weighted by Gasteiger charge is 2.03. The van der Waals surface area contributed by atoms with Gasteiger partial charge in [0.1, 0.15) is 0 Å². The molecule has 0 aromatic heterocycles. The Morgan fingerprint density at radius 1 is 1.20 bits per heavy atom. The molecular weight excluding hydrogens is 186 g/mol. The molecule has 0 saturated heterocycles. The number of aliphatic imine (C=N–C) groups is 1. The molecule has 1 aromatic carbocycles. The molecule has 0 aliphatic heterocycles. The largest absolute Gasteiger partial charge is 0.370 e. The van der Waals surface area contributed by atoms with Gasteiger partial charge in [0.2, 0.25) is 0 Å². The minimum atomic E-state index is 0.0949. The van der Waals surface area contributed by atoms with Gasteiger partial charge in [-0.15, -0.1) is 0 Å². The summed E-state index contributed by atoms with van der Waals surface area (Å²) in [6.07, 6.45) is 0. The average Bonchev–Trinajstić information content (AvgIpc) is 2.17. The summed E-state index contributed by atoms with van der Waals surface area (Å²) in [5.74, 6) is 0.501. The first-order chi connectivity index (χ1) is 7.09. The summed E-state index contributed by atoms with van der Waals surface area (Å²) >= 11 is 0. The summed E-state index contributed by atoms with van der Waals surface area (Å²) in [6, 6.07) is 10.5. The van der Waals surface area contributed by atoms with Crippen LogP contribution in [0, 0.1) is 0 Å². The minimum Gasteiger partial charge on any atom is -0.370 e. The number of benzene rings is 1. The zero-order valence-corrected chi connectivity index (χ0v) is 9.57. The van der Waals surface area contributed by atoms with Crippen LogP contribution < -0.4 is 11.1 Å². The molecule has 0 aliphatic rings. The smallest absolute Gasteiger partial charge is 0.189 e. The third-order valence-corrected chi connectivity index (χ3v) is 2.05. The Morgan fingerprint density at radius 2 is 1.80 bits per heavy atom. The summed E-state index contributed by atoms with van der Waals surface area (Å²) in [6.45, 7) is 6.11. The predicted octanol–water partition coefficient (Wildman–Crippen LogP) is 2.06. The van der Waals surface area contributed by atoms with Crippen LogP contribution in [-0.4, -0.2) is 12.0 Å². The van der Waals surface area contributed by atoms with Crippen LogP contribution >= 0.6 is 0 Å².